The minimum atomic E-state index is 0.499. The number of rotatable bonds is 3. The molecule has 0 aromatic heterocycles. The smallest absolute Gasteiger partial charge is 0.154 e. The van der Waals surface area contributed by atoms with E-state index < -0.39 is 0 Å². The van der Waals surface area contributed by atoms with Crippen LogP contribution in [0.3, 0.4) is 0 Å². The van der Waals surface area contributed by atoms with Crippen molar-refractivity contribution in [3.63, 3.8) is 0 Å². The number of fused-ring (bicyclic) bond motifs is 1. The number of ether oxygens (including phenoxy) is 1. The fourth-order valence-corrected chi connectivity index (χ4v) is 1.66. The molecule has 0 N–H and O–H groups in total. The molecule has 0 fully saturated rings. The van der Waals surface area contributed by atoms with Crippen molar-refractivity contribution < 1.29 is 9.53 Å². The zero-order chi connectivity index (χ0) is 10.7. The Morgan fingerprint density at radius 1 is 1.13 bits per heavy atom. The van der Waals surface area contributed by atoms with Crippen LogP contribution in [-0.4, -0.2) is 11.8 Å². The third-order valence-corrected chi connectivity index (χ3v) is 2.32. The molecule has 0 amide bonds. The summed E-state index contributed by atoms with van der Waals surface area (Å²) in [6.45, 7) is 0. The quantitative estimate of drug-likeness (QED) is 0.582. The Morgan fingerprint density at radius 2 is 1.93 bits per heavy atom. The van der Waals surface area contributed by atoms with Crippen molar-refractivity contribution in [2.45, 2.75) is 0 Å². The molecule has 0 saturated heterocycles. The largest absolute Gasteiger partial charge is 0.453 e. The average molecular weight is 216 g/mol. The Morgan fingerprint density at radius 3 is 2.67 bits per heavy atom. The van der Waals surface area contributed by atoms with E-state index in [2.05, 4.69) is 12.2 Å². The van der Waals surface area contributed by atoms with Crippen molar-refractivity contribution in [2.24, 2.45) is 0 Å². The molecule has 74 valence electrons. The number of aldehydes is 1. The number of benzene rings is 2. The molecule has 0 aliphatic carbocycles. The molecule has 0 unspecified atom stereocenters. The van der Waals surface area contributed by atoms with Crippen LogP contribution in [0.25, 0.3) is 10.8 Å². The summed E-state index contributed by atoms with van der Waals surface area (Å²) in [5, 5.41) is 1.89. The molecule has 0 spiro atoms. The van der Waals surface area contributed by atoms with Crippen LogP contribution in [0.1, 0.15) is 10.4 Å². The fraction of sp³-hybridized carbons (Fsp3) is 0. The number of carbonyl (C=O) groups is 1. The van der Waals surface area contributed by atoms with Gasteiger partial charge in [-0.25, -0.2) is 0 Å². The van der Waals surface area contributed by atoms with Gasteiger partial charge in [-0.3, -0.25) is 4.79 Å². The number of hydrogen-bond acceptors (Lipinski definition) is 3. The molecule has 0 radical (unpaired) electrons. The molecule has 15 heavy (non-hydrogen) atoms. The van der Waals surface area contributed by atoms with E-state index in [4.69, 9.17) is 4.74 Å². The lowest BCUT2D eigenvalue weighted by Gasteiger charge is -2.06. The predicted molar refractivity (Wildman–Crippen MR) is 63.6 cm³/mol. The van der Waals surface area contributed by atoms with Crippen LogP contribution in [0, 0.1) is 0 Å². The van der Waals surface area contributed by atoms with Crippen molar-refractivity contribution in [2.75, 3.05) is 0 Å². The molecule has 0 heterocycles. The van der Waals surface area contributed by atoms with Crippen LogP contribution < -0.4 is 4.74 Å². The van der Waals surface area contributed by atoms with Gasteiger partial charge in [-0.1, -0.05) is 30.3 Å². The van der Waals surface area contributed by atoms with E-state index in [1.54, 1.807) is 6.07 Å². The van der Waals surface area contributed by atoms with Crippen LogP contribution in [0.2, 0.25) is 0 Å². The highest BCUT2D eigenvalue weighted by Gasteiger charge is 2.06. The molecule has 2 aromatic carbocycles. The highest BCUT2D eigenvalue weighted by Crippen LogP contribution is 2.26. The first-order chi connectivity index (χ1) is 7.36. The summed E-state index contributed by atoms with van der Waals surface area (Å²) in [5.74, 6) is 0.499. The first-order valence-corrected chi connectivity index (χ1v) is 4.91. The lowest BCUT2D eigenvalue weighted by Crippen LogP contribution is -1.93. The summed E-state index contributed by atoms with van der Waals surface area (Å²) in [5.41, 5.74) is 1.69. The number of thiocarbonyl (C=S) groups is 1. The first kappa shape index (κ1) is 9.80. The van der Waals surface area contributed by atoms with Crippen LogP contribution >= 0.6 is 12.2 Å². The maximum atomic E-state index is 11.0. The van der Waals surface area contributed by atoms with Gasteiger partial charge in [0.15, 0.2) is 11.8 Å². The molecule has 0 aliphatic rings. The van der Waals surface area contributed by atoms with Gasteiger partial charge in [0.05, 0.1) is 5.56 Å². The van der Waals surface area contributed by atoms with E-state index in [1.165, 1.54) is 0 Å². The van der Waals surface area contributed by atoms with Gasteiger partial charge in [0.25, 0.3) is 0 Å². The van der Waals surface area contributed by atoms with Crippen molar-refractivity contribution in [3.8, 4) is 5.75 Å². The Balaban J connectivity index is 2.74. The summed E-state index contributed by atoms with van der Waals surface area (Å²) in [6.07, 6.45) is 0.788. The Kier molecular flexibility index (Phi) is 2.74. The Hall–Kier alpha value is -1.74. The van der Waals surface area contributed by atoms with Gasteiger partial charge >= 0.3 is 0 Å². The maximum absolute atomic E-state index is 11.0. The van der Waals surface area contributed by atoms with Gasteiger partial charge in [-0.15, -0.1) is 0 Å². The van der Waals surface area contributed by atoms with Gasteiger partial charge in [0.2, 0.25) is 0 Å². The van der Waals surface area contributed by atoms with Crippen LogP contribution in [0.5, 0.6) is 5.75 Å². The molecule has 0 bridgehead atoms. The summed E-state index contributed by atoms with van der Waals surface area (Å²) in [6, 6.07) is 11.3. The monoisotopic (exact) mass is 216 g/mol. The number of hydrogen-bond donors (Lipinski definition) is 0. The second-order valence-electron chi connectivity index (χ2n) is 3.03. The van der Waals surface area contributed by atoms with Gasteiger partial charge in [-0.2, -0.15) is 0 Å². The molecule has 2 rings (SSSR count). The molecule has 2 aromatic rings. The van der Waals surface area contributed by atoms with Gasteiger partial charge in [-0.05, 0) is 29.1 Å². The normalized spacial score (nSPS) is 9.87. The maximum Gasteiger partial charge on any atom is 0.154 e. The van der Waals surface area contributed by atoms with Crippen LogP contribution in [0.4, 0.5) is 0 Å². The Bertz CT molecular complexity index is 520. The van der Waals surface area contributed by atoms with Gasteiger partial charge < -0.3 is 4.74 Å². The van der Waals surface area contributed by atoms with E-state index in [9.17, 15) is 4.79 Å². The van der Waals surface area contributed by atoms with Crippen molar-refractivity contribution in [1.29, 1.82) is 0 Å². The summed E-state index contributed by atoms with van der Waals surface area (Å²) in [4.78, 5) is 11.0. The molecule has 3 heteroatoms. The third-order valence-electron chi connectivity index (χ3n) is 2.22. The zero-order valence-electron chi connectivity index (χ0n) is 7.84. The average Bonchev–Trinajstić information content (AvgIpc) is 2.29. The zero-order valence-corrected chi connectivity index (χ0v) is 8.66. The van der Waals surface area contributed by atoms with Crippen molar-refractivity contribution >= 4 is 34.8 Å². The highest BCUT2D eigenvalue weighted by molar-refractivity contribution is 7.78. The van der Waals surface area contributed by atoms with E-state index in [0.717, 1.165) is 22.6 Å². The fourth-order valence-electron chi connectivity index (χ4n) is 1.55. The van der Waals surface area contributed by atoms with E-state index in [0.29, 0.717) is 11.3 Å². The van der Waals surface area contributed by atoms with Gasteiger partial charge in [0.1, 0.15) is 5.75 Å². The van der Waals surface area contributed by atoms with E-state index in [-0.39, 0.29) is 0 Å². The minimum absolute atomic E-state index is 0.499. The second kappa shape index (κ2) is 4.19. The number of carbonyl (C=O) groups excluding carboxylic acids is 1. The molecular formula is C12H8O2S. The van der Waals surface area contributed by atoms with E-state index >= 15 is 0 Å². The molecule has 0 aliphatic heterocycles. The molecule has 2 nitrogen and oxygen atoms in total. The van der Waals surface area contributed by atoms with E-state index in [1.807, 2.05) is 30.3 Å². The lowest BCUT2D eigenvalue weighted by molar-refractivity contribution is 0.112. The lowest BCUT2D eigenvalue weighted by atomic mass is 10.0. The van der Waals surface area contributed by atoms with Crippen LogP contribution in [0.15, 0.2) is 36.4 Å². The van der Waals surface area contributed by atoms with Crippen LogP contribution in [-0.2, 0) is 0 Å². The SMILES string of the molecule is O=Cc1c(OC=S)ccc2ccccc12. The predicted octanol–water partition coefficient (Wildman–Crippen LogP) is 2.99. The topological polar surface area (TPSA) is 26.3 Å². The standard InChI is InChI=1S/C12H8O2S/c13-7-11-10-4-2-1-3-9(10)5-6-12(11)14-8-15/h1-8H. The molecule has 0 saturated carbocycles. The van der Waals surface area contributed by atoms with Crippen molar-refractivity contribution in [1.82, 2.24) is 0 Å². The van der Waals surface area contributed by atoms with Gasteiger partial charge in [0, 0.05) is 0 Å². The molecule has 0 atom stereocenters. The summed E-state index contributed by atoms with van der Waals surface area (Å²) in [7, 11) is 0. The second-order valence-corrected chi connectivity index (χ2v) is 3.22. The highest BCUT2D eigenvalue weighted by atomic mass is 32.1. The summed E-state index contributed by atoms with van der Waals surface area (Å²) < 4.78 is 5.09. The third kappa shape index (κ3) is 1.74. The first-order valence-electron chi connectivity index (χ1n) is 4.44. The van der Waals surface area contributed by atoms with Crippen molar-refractivity contribution in [3.05, 3.63) is 42.0 Å². The summed E-state index contributed by atoms with van der Waals surface area (Å²) >= 11 is 4.60. The minimum Gasteiger partial charge on any atom is -0.453 e. The molecular weight excluding hydrogens is 208 g/mol. The Labute approximate surface area is 92.5 Å².